The third kappa shape index (κ3) is 4.20. The van der Waals surface area contributed by atoms with Gasteiger partial charge in [0.1, 0.15) is 5.02 Å². The second-order valence-electron chi connectivity index (χ2n) is 5.42. The van der Waals surface area contributed by atoms with Gasteiger partial charge in [-0.2, -0.15) is 0 Å². The first-order chi connectivity index (χ1) is 15.2. The van der Waals surface area contributed by atoms with E-state index < -0.39 is 85.2 Å². The summed E-state index contributed by atoms with van der Waals surface area (Å²) in [5.41, 5.74) is -11.8. The van der Waals surface area contributed by atoms with Crippen LogP contribution in [0.2, 0.25) is 10.0 Å². The van der Waals surface area contributed by atoms with Crippen LogP contribution in [-0.2, 0) is 0 Å². The number of halogens is 2. The molecular weight excluding hydrogens is 507 g/mol. The Balaban J connectivity index is 3.20. The molecule has 2 aromatic rings. The zero-order chi connectivity index (χ0) is 25.4. The molecule has 172 valence electrons. The Morgan fingerprint density at radius 1 is 0.545 bits per heavy atom. The zero-order valence-corrected chi connectivity index (χ0v) is 16.4. The van der Waals surface area contributed by atoms with Gasteiger partial charge in [-0.05, 0) is 12.1 Å². The maximum absolute atomic E-state index is 11.5. The number of hydrogen-bond donors (Lipinski definition) is 0. The lowest BCUT2D eigenvalue weighted by Crippen LogP contribution is -2.10. The monoisotopic (exact) mass is 508 g/mol. The molecule has 0 aliphatic rings. The molecule has 0 fully saturated rings. The summed E-state index contributed by atoms with van der Waals surface area (Å²) in [7, 11) is 0. The van der Waals surface area contributed by atoms with E-state index in [0.717, 1.165) is 6.07 Å². The van der Waals surface area contributed by atoms with E-state index in [1.54, 1.807) is 0 Å². The van der Waals surface area contributed by atoms with Crippen LogP contribution in [-0.4, -0.2) is 29.5 Å². The topological polar surface area (TPSA) is 268 Å². The van der Waals surface area contributed by atoms with Crippen molar-refractivity contribution in [2.75, 3.05) is 0 Å². The van der Waals surface area contributed by atoms with Crippen molar-refractivity contribution in [1.29, 1.82) is 0 Å². The summed E-state index contributed by atoms with van der Waals surface area (Å²) in [6, 6.07) is 1.46. The fraction of sp³-hybridized carbons (Fsp3) is 0. The smallest absolute Gasteiger partial charge is 0.436 e. The lowest BCUT2D eigenvalue weighted by atomic mass is 10.1. The van der Waals surface area contributed by atoms with E-state index >= 15 is 0 Å². The molecule has 0 atom stereocenters. The molecule has 0 N–H and O–H groups in total. The quantitative estimate of drug-likeness (QED) is 0.356. The van der Waals surface area contributed by atoms with Crippen molar-refractivity contribution in [3.63, 3.8) is 0 Å². The third-order valence-corrected chi connectivity index (χ3v) is 4.46. The molecule has 0 heterocycles. The standard InChI is InChI=1S/C12H2Cl2N6O13/c13-3-1-2-4(6(5(3)14)15(21)22)33-12-10(19(29)30)8(17(25)26)7(16(23)24)9(18(27)28)11(12)20(31)32/h1-2H. The number of nitro benzene ring substituents is 6. The van der Waals surface area contributed by atoms with Crippen molar-refractivity contribution in [2.45, 2.75) is 0 Å². The molecule has 2 rings (SSSR count). The van der Waals surface area contributed by atoms with Crippen molar-refractivity contribution in [3.8, 4) is 11.5 Å². The molecule has 0 spiro atoms. The summed E-state index contributed by atoms with van der Waals surface area (Å²) in [6.45, 7) is 0. The van der Waals surface area contributed by atoms with Crippen LogP contribution >= 0.6 is 23.2 Å². The number of benzene rings is 2. The number of nitro groups is 6. The van der Waals surface area contributed by atoms with Crippen LogP contribution in [0.1, 0.15) is 0 Å². The number of rotatable bonds is 8. The molecule has 0 amide bonds. The van der Waals surface area contributed by atoms with E-state index in [1.807, 2.05) is 0 Å². The van der Waals surface area contributed by atoms with E-state index in [4.69, 9.17) is 27.9 Å². The second-order valence-corrected chi connectivity index (χ2v) is 6.21. The lowest BCUT2D eigenvalue weighted by Gasteiger charge is -2.09. The minimum atomic E-state index is -2.18. The molecule has 0 saturated carbocycles. The highest BCUT2D eigenvalue weighted by atomic mass is 35.5. The first-order valence-electron chi connectivity index (χ1n) is 7.48. The van der Waals surface area contributed by atoms with Crippen molar-refractivity contribution in [3.05, 3.63) is 82.9 Å². The summed E-state index contributed by atoms with van der Waals surface area (Å²) in [5.74, 6) is -2.98. The molecular formula is C12H2Cl2N6O13. The lowest BCUT2D eigenvalue weighted by molar-refractivity contribution is -0.460. The summed E-state index contributed by atoms with van der Waals surface area (Å²) in [6.07, 6.45) is 0. The van der Waals surface area contributed by atoms with Gasteiger partial charge < -0.3 is 4.74 Å². The van der Waals surface area contributed by atoms with Gasteiger partial charge >= 0.3 is 34.1 Å². The number of ether oxygens (including phenoxy) is 1. The van der Waals surface area contributed by atoms with Crippen LogP contribution in [0.25, 0.3) is 0 Å². The Labute approximate surface area is 186 Å². The van der Waals surface area contributed by atoms with Crippen LogP contribution < -0.4 is 4.74 Å². The van der Waals surface area contributed by atoms with Gasteiger partial charge in [0, 0.05) is 0 Å². The summed E-state index contributed by atoms with van der Waals surface area (Å²) in [5, 5.41) is 67.2. The zero-order valence-electron chi connectivity index (χ0n) is 14.9. The van der Waals surface area contributed by atoms with Gasteiger partial charge in [-0.25, -0.2) is 0 Å². The second kappa shape index (κ2) is 8.76. The van der Waals surface area contributed by atoms with E-state index in [0.29, 0.717) is 6.07 Å². The highest BCUT2D eigenvalue weighted by molar-refractivity contribution is 6.43. The molecule has 0 saturated heterocycles. The van der Waals surface area contributed by atoms with Gasteiger partial charge in [0.15, 0.2) is 0 Å². The molecule has 0 aromatic heterocycles. The van der Waals surface area contributed by atoms with E-state index in [2.05, 4.69) is 0 Å². The maximum Gasteiger partial charge on any atom is 0.437 e. The largest absolute Gasteiger partial charge is 0.437 e. The van der Waals surface area contributed by atoms with E-state index in [-0.39, 0.29) is 0 Å². The Morgan fingerprint density at radius 3 is 1.21 bits per heavy atom. The minimum Gasteiger partial charge on any atom is -0.436 e. The van der Waals surface area contributed by atoms with Crippen molar-refractivity contribution in [2.24, 2.45) is 0 Å². The molecule has 0 radical (unpaired) electrons. The van der Waals surface area contributed by atoms with Gasteiger partial charge in [-0.15, -0.1) is 0 Å². The minimum absolute atomic E-state index is 0.444. The van der Waals surface area contributed by atoms with Gasteiger partial charge in [0.25, 0.3) is 5.75 Å². The number of nitrogens with zero attached hydrogens (tertiary/aromatic N) is 6. The molecule has 33 heavy (non-hydrogen) atoms. The number of hydrogen-bond acceptors (Lipinski definition) is 13. The molecule has 2 aromatic carbocycles. The van der Waals surface area contributed by atoms with E-state index in [9.17, 15) is 60.7 Å². The Kier molecular flexibility index (Phi) is 6.50. The van der Waals surface area contributed by atoms with Crippen molar-refractivity contribution >= 4 is 57.3 Å². The van der Waals surface area contributed by atoms with E-state index in [1.165, 1.54) is 0 Å². The maximum atomic E-state index is 11.5. The van der Waals surface area contributed by atoms with Crippen molar-refractivity contribution in [1.82, 2.24) is 0 Å². The molecule has 0 aliphatic heterocycles. The highest BCUT2D eigenvalue weighted by Crippen LogP contribution is 2.57. The van der Waals surface area contributed by atoms with Crippen LogP contribution in [0.3, 0.4) is 0 Å². The molecule has 0 bridgehead atoms. The van der Waals surface area contributed by atoms with Crippen LogP contribution in [0.15, 0.2) is 12.1 Å². The van der Waals surface area contributed by atoms with Gasteiger partial charge in [-0.1, -0.05) is 23.2 Å². The molecule has 21 heteroatoms. The molecule has 0 aliphatic carbocycles. The van der Waals surface area contributed by atoms with Gasteiger partial charge in [0.2, 0.25) is 5.75 Å². The van der Waals surface area contributed by atoms with Crippen molar-refractivity contribution < 1.29 is 34.3 Å². The third-order valence-electron chi connectivity index (χ3n) is 3.67. The van der Waals surface area contributed by atoms with Gasteiger partial charge in [0.05, 0.1) is 34.6 Å². The first-order valence-corrected chi connectivity index (χ1v) is 8.24. The fourth-order valence-electron chi connectivity index (χ4n) is 2.50. The average Bonchev–Trinajstić information content (AvgIpc) is 2.68. The summed E-state index contributed by atoms with van der Waals surface area (Å²) in [4.78, 5) is 58.4. The van der Waals surface area contributed by atoms with Crippen LogP contribution in [0, 0.1) is 60.7 Å². The highest BCUT2D eigenvalue weighted by Gasteiger charge is 2.56. The Hall–Kier alpha value is -4.78. The average molecular weight is 509 g/mol. The van der Waals surface area contributed by atoms with Crippen LogP contribution in [0.4, 0.5) is 34.1 Å². The summed E-state index contributed by atoms with van der Waals surface area (Å²) < 4.78 is 4.81. The predicted octanol–water partition coefficient (Wildman–Crippen LogP) is 4.23. The Bertz CT molecular complexity index is 1240. The van der Waals surface area contributed by atoms with Crippen LogP contribution in [0.5, 0.6) is 11.5 Å². The molecule has 0 unspecified atom stereocenters. The Morgan fingerprint density at radius 2 is 0.879 bits per heavy atom. The molecule has 19 nitrogen and oxygen atoms in total. The first kappa shape index (κ1) is 24.5. The van der Waals surface area contributed by atoms with Gasteiger partial charge in [-0.3, -0.25) is 60.7 Å². The summed E-state index contributed by atoms with van der Waals surface area (Å²) >= 11 is 11.3. The predicted molar refractivity (Wildman–Crippen MR) is 103 cm³/mol. The SMILES string of the molecule is O=[N+]([O-])c1c(Oc2c([N+](=O)[O-])c([N+](=O)[O-])c([N+](=O)[O-])c([N+](=O)[O-])c2[N+](=O)[O-])ccc(Cl)c1Cl. The normalized spacial score (nSPS) is 10.4. The fourth-order valence-corrected chi connectivity index (χ4v) is 2.88.